The van der Waals surface area contributed by atoms with Crippen molar-refractivity contribution in [2.45, 2.75) is 26.4 Å². The van der Waals surface area contributed by atoms with Crippen LogP contribution in [0.1, 0.15) is 29.5 Å². The fourth-order valence-corrected chi connectivity index (χ4v) is 5.31. The summed E-state index contributed by atoms with van der Waals surface area (Å²) in [6.45, 7) is 5.50. The van der Waals surface area contributed by atoms with E-state index in [1.807, 2.05) is 31.2 Å². The fourth-order valence-electron chi connectivity index (χ4n) is 5.31. The molecular weight excluding hydrogens is 573 g/mol. The molecule has 1 aliphatic heterocycles. The summed E-state index contributed by atoms with van der Waals surface area (Å²) in [6.07, 6.45) is 4.82. The van der Waals surface area contributed by atoms with E-state index in [2.05, 4.69) is 26.6 Å². The van der Waals surface area contributed by atoms with Crippen molar-refractivity contribution < 1.29 is 23.4 Å². The molecule has 9 nitrogen and oxygen atoms in total. The number of carbonyl (C=O) groups excluding carboxylic acids is 1. The summed E-state index contributed by atoms with van der Waals surface area (Å²) in [5, 5.41) is 16.9. The van der Waals surface area contributed by atoms with Gasteiger partial charge in [0.05, 0.1) is 36.2 Å². The van der Waals surface area contributed by atoms with Crippen molar-refractivity contribution in [3.05, 3.63) is 95.0 Å². The molecule has 1 aromatic heterocycles. The Bertz CT molecular complexity index is 1760. The van der Waals surface area contributed by atoms with Crippen LogP contribution in [0, 0.1) is 24.1 Å². The topological polar surface area (TPSA) is 109 Å². The number of ether oxygens (including phenoxy) is 3. The predicted octanol–water partition coefficient (Wildman–Crippen LogP) is 6.49. The Balaban J connectivity index is 1.36. The number of aromatic nitrogens is 1. The smallest absolute Gasteiger partial charge is 0.248 e. The predicted molar refractivity (Wildman–Crippen MR) is 172 cm³/mol. The molecule has 0 radical (unpaired) electrons. The van der Waals surface area contributed by atoms with E-state index >= 15 is 0 Å². The second kappa shape index (κ2) is 14.7. The number of carbonyl (C=O) groups is 1. The zero-order valence-electron chi connectivity index (χ0n) is 25.7. The van der Waals surface area contributed by atoms with Crippen LogP contribution in [0.4, 0.5) is 21.5 Å². The molecule has 10 heteroatoms. The van der Waals surface area contributed by atoms with Gasteiger partial charge in [-0.3, -0.25) is 9.78 Å². The van der Waals surface area contributed by atoms with Crippen LogP contribution < -0.4 is 20.1 Å². The maximum Gasteiger partial charge on any atom is 0.248 e. The first kappa shape index (κ1) is 31.4. The van der Waals surface area contributed by atoms with Crippen molar-refractivity contribution in [2.75, 3.05) is 51.1 Å². The van der Waals surface area contributed by atoms with E-state index in [0.717, 1.165) is 54.9 Å². The molecule has 0 bridgehead atoms. The van der Waals surface area contributed by atoms with Crippen molar-refractivity contribution in [2.24, 2.45) is 0 Å². The lowest BCUT2D eigenvalue weighted by atomic mass is 10.0. The Labute approximate surface area is 262 Å². The summed E-state index contributed by atoms with van der Waals surface area (Å²) in [5.74, 6) is 0.575. The van der Waals surface area contributed by atoms with Gasteiger partial charge in [0, 0.05) is 56.2 Å². The first-order valence-electron chi connectivity index (χ1n) is 14.7. The highest BCUT2D eigenvalue weighted by atomic mass is 19.1. The van der Waals surface area contributed by atoms with E-state index in [9.17, 15) is 14.4 Å². The normalized spacial score (nSPS) is 13.3. The molecule has 0 atom stereocenters. The summed E-state index contributed by atoms with van der Waals surface area (Å²) < 4.78 is 30.2. The number of aryl methyl sites for hydroxylation is 1. The third-order valence-corrected chi connectivity index (χ3v) is 7.74. The number of likely N-dealkylation sites (tertiary alicyclic amines) is 1. The molecule has 2 heterocycles. The summed E-state index contributed by atoms with van der Waals surface area (Å²) >= 11 is 0. The van der Waals surface area contributed by atoms with E-state index in [4.69, 9.17) is 14.2 Å². The van der Waals surface area contributed by atoms with Crippen LogP contribution in [-0.4, -0.2) is 56.3 Å². The zero-order chi connectivity index (χ0) is 31.8. The molecule has 45 heavy (non-hydrogen) atoms. The van der Waals surface area contributed by atoms with Gasteiger partial charge in [-0.25, -0.2) is 4.39 Å². The van der Waals surface area contributed by atoms with Crippen LogP contribution in [0.2, 0.25) is 0 Å². The number of fused-ring (bicyclic) bond motifs is 1. The minimum Gasteiger partial charge on any atom is -0.494 e. The van der Waals surface area contributed by atoms with Gasteiger partial charge in [-0.2, -0.15) is 5.26 Å². The molecule has 0 unspecified atom stereocenters. The summed E-state index contributed by atoms with van der Waals surface area (Å²) in [4.78, 5) is 19.9. The summed E-state index contributed by atoms with van der Waals surface area (Å²) in [7, 11) is 3.23. The molecule has 0 saturated carbocycles. The van der Waals surface area contributed by atoms with Crippen molar-refractivity contribution in [1.82, 2.24) is 9.88 Å². The lowest BCUT2D eigenvalue weighted by molar-refractivity contribution is -0.112. The van der Waals surface area contributed by atoms with Gasteiger partial charge in [0.15, 0.2) is 0 Å². The number of pyridine rings is 1. The number of benzene rings is 3. The number of amides is 1. The Morgan fingerprint density at radius 2 is 1.93 bits per heavy atom. The highest BCUT2D eigenvalue weighted by Gasteiger charge is 2.17. The number of piperidine rings is 1. The number of hydrogen-bond donors (Lipinski definition) is 2. The molecule has 4 aromatic rings. The number of methoxy groups -OCH3 is 2. The van der Waals surface area contributed by atoms with Crippen molar-refractivity contribution in [1.29, 1.82) is 5.26 Å². The maximum atomic E-state index is 13.5. The van der Waals surface area contributed by atoms with Crippen LogP contribution in [-0.2, 0) is 16.1 Å². The van der Waals surface area contributed by atoms with Gasteiger partial charge in [-0.1, -0.05) is 17.7 Å². The van der Waals surface area contributed by atoms with E-state index in [1.165, 1.54) is 25.4 Å². The quantitative estimate of drug-likeness (QED) is 0.186. The number of rotatable bonds is 11. The summed E-state index contributed by atoms with van der Waals surface area (Å²) in [5.41, 5.74) is 5.39. The minimum absolute atomic E-state index is 0.235. The van der Waals surface area contributed by atoms with E-state index in [0.29, 0.717) is 45.9 Å². The second-order valence-electron chi connectivity index (χ2n) is 10.9. The number of nitrogens with one attached hydrogen (secondary N) is 2. The number of hydrogen-bond acceptors (Lipinski definition) is 8. The number of halogens is 1. The van der Waals surface area contributed by atoms with Gasteiger partial charge in [0.25, 0.3) is 0 Å². The Hall–Kier alpha value is -4.98. The van der Waals surface area contributed by atoms with Gasteiger partial charge >= 0.3 is 0 Å². The Morgan fingerprint density at radius 1 is 1.11 bits per heavy atom. The fraction of sp³-hybridized carbons (Fsp3) is 0.286. The van der Waals surface area contributed by atoms with Crippen LogP contribution in [0.5, 0.6) is 11.5 Å². The van der Waals surface area contributed by atoms with Crippen LogP contribution in [0.25, 0.3) is 10.9 Å². The molecule has 1 aliphatic rings. The van der Waals surface area contributed by atoms with Crippen LogP contribution >= 0.6 is 0 Å². The number of nitriles is 1. The van der Waals surface area contributed by atoms with E-state index in [-0.39, 0.29) is 18.3 Å². The Morgan fingerprint density at radius 3 is 2.64 bits per heavy atom. The second-order valence-corrected chi connectivity index (χ2v) is 10.9. The molecule has 0 aliphatic carbocycles. The van der Waals surface area contributed by atoms with Gasteiger partial charge in [0.1, 0.15) is 30.0 Å². The first-order chi connectivity index (χ1) is 21.9. The summed E-state index contributed by atoms with van der Waals surface area (Å²) in [6, 6.07) is 17.6. The van der Waals surface area contributed by atoms with E-state index in [1.54, 1.807) is 31.4 Å². The minimum atomic E-state index is -0.308. The molecular formula is C35H36FN5O4. The molecule has 232 valence electrons. The number of nitrogens with zero attached hydrogens (tertiary/aromatic N) is 3. The molecule has 3 aromatic carbocycles. The highest BCUT2D eigenvalue weighted by molar-refractivity contribution is 6.05. The van der Waals surface area contributed by atoms with E-state index < -0.39 is 0 Å². The standard InChI is InChI=1S/C35H36FN5O4/c1-23-15-28(7-8-32(23)45-22-25-5-4-6-27(36)16-25)39-35-26(20-37)21-38-30-19-33(44-3)31(18-29(30)35)40-34(42)17-24-9-11-41(12-10-24)13-14-43-2/h4-8,15-19,21H,9-14,22H2,1-3H3,(H,38,39)(H,40,42). The number of anilines is 3. The average molecular weight is 610 g/mol. The lowest BCUT2D eigenvalue weighted by Gasteiger charge is -2.27. The monoisotopic (exact) mass is 609 g/mol. The average Bonchev–Trinajstić information content (AvgIpc) is 3.04. The lowest BCUT2D eigenvalue weighted by Crippen LogP contribution is -2.33. The van der Waals surface area contributed by atoms with Gasteiger partial charge in [-0.05, 0) is 67.3 Å². The zero-order valence-corrected chi connectivity index (χ0v) is 25.7. The van der Waals surface area contributed by atoms with Crippen molar-refractivity contribution >= 4 is 33.9 Å². The first-order valence-corrected chi connectivity index (χ1v) is 14.7. The Kier molecular flexibility index (Phi) is 10.2. The van der Waals surface area contributed by atoms with Gasteiger partial charge in [0.2, 0.25) is 5.91 Å². The third-order valence-electron chi connectivity index (χ3n) is 7.74. The van der Waals surface area contributed by atoms with Gasteiger partial charge in [-0.15, -0.1) is 0 Å². The molecule has 0 spiro atoms. The SMILES string of the molecule is COCCN1CCC(=CC(=O)Nc2cc3c(Nc4ccc(OCc5cccc(F)c5)c(C)c4)c(C#N)cnc3cc2OC)CC1. The van der Waals surface area contributed by atoms with Gasteiger partial charge < -0.3 is 29.7 Å². The van der Waals surface area contributed by atoms with Crippen LogP contribution in [0.15, 0.2) is 72.4 Å². The molecule has 5 rings (SSSR count). The van der Waals surface area contributed by atoms with Crippen molar-refractivity contribution in [3.63, 3.8) is 0 Å². The highest BCUT2D eigenvalue weighted by Crippen LogP contribution is 2.36. The van der Waals surface area contributed by atoms with Crippen LogP contribution in [0.3, 0.4) is 0 Å². The maximum absolute atomic E-state index is 13.5. The molecule has 1 saturated heterocycles. The molecule has 1 amide bonds. The molecule has 2 N–H and O–H groups in total. The van der Waals surface area contributed by atoms with Crippen molar-refractivity contribution in [3.8, 4) is 17.6 Å². The third kappa shape index (κ3) is 7.95. The molecule has 1 fully saturated rings. The largest absolute Gasteiger partial charge is 0.494 e.